The quantitative estimate of drug-likeness (QED) is 0.915. The largest absolute Gasteiger partial charge is 0.339 e. The lowest BCUT2D eigenvalue weighted by atomic mass is 10.1. The number of nitrogens with zero attached hydrogens (tertiary/aromatic N) is 1. The number of carbonyl (C=O) groups is 2. The Kier molecular flexibility index (Phi) is 5.52. The smallest absolute Gasteiger partial charge is 0.255 e. The van der Waals surface area contributed by atoms with Gasteiger partial charge in [-0.25, -0.2) is 0 Å². The second kappa shape index (κ2) is 7.58. The van der Waals surface area contributed by atoms with E-state index in [9.17, 15) is 9.59 Å². The first-order chi connectivity index (χ1) is 11.1. The molecule has 0 atom stereocenters. The first-order valence-corrected chi connectivity index (χ1v) is 7.83. The molecule has 0 radical (unpaired) electrons. The molecule has 2 amide bonds. The van der Waals surface area contributed by atoms with Crippen molar-refractivity contribution in [1.29, 1.82) is 0 Å². The number of rotatable bonds is 5. The van der Waals surface area contributed by atoms with Gasteiger partial charge in [-0.15, -0.1) is 0 Å². The zero-order valence-electron chi connectivity index (χ0n) is 13.8. The van der Waals surface area contributed by atoms with Crippen LogP contribution in [0.3, 0.4) is 0 Å². The van der Waals surface area contributed by atoms with Crippen LogP contribution in [0.2, 0.25) is 0 Å². The molecule has 0 saturated heterocycles. The molecule has 0 aliphatic rings. The number of para-hydroxylation sites is 1. The summed E-state index contributed by atoms with van der Waals surface area (Å²) in [7, 11) is 0. The highest BCUT2D eigenvalue weighted by Gasteiger charge is 2.15. The van der Waals surface area contributed by atoms with E-state index in [0.717, 1.165) is 11.3 Å². The molecule has 1 N–H and O–H groups in total. The van der Waals surface area contributed by atoms with Crippen molar-refractivity contribution < 1.29 is 9.59 Å². The van der Waals surface area contributed by atoms with Crippen LogP contribution in [0, 0.1) is 6.92 Å². The standard InChI is InChI=1S/C19H22N2O2/c1-4-21(5-2)19(23)16-11-8-10-15(13-16)18(22)20-17-12-7-6-9-14(17)3/h6-13H,4-5H2,1-3H3,(H,20,22). The second-order valence-corrected chi connectivity index (χ2v) is 5.33. The maximum absolute atomic E-state index is 12.4. The lowest BCUT2D eigenvalue weighted by molar-refractivity contribution is 0.0773. The van der Waals surface area contributed by atoms with Crippen LogP contribution in [0.15, 0.2) is 48.5 Å². The minimum atomic E-state index is -0.214. The van der Waals surface area contributed by atoms with Crippen LogP contribution in [0.5, 0.6) is 0 Å². The zero-order chi connectivity index (χ0) is 16.8. The lowest BCUT2D eigenvalue weighted by Crippen LogP contribution is -2.30. The molecule has 23 heavy (non-hydrogen) atoms. The molecular formula is C19H22N2O2. The molecule has 4 heteroatoms. The summed E-state index contributed by atoms with van der Waals surface area (Å²) in [4.78, 5) is 26.5. The third-order valence-electron chi connectivity index (χ3n) is 3.82. The Labute approximate surface area is 137 Å². The third kappa shape index (κ3) is 3.97. The average molecular weight is 310 g/mol. The average Bonchev–Trinajstić information content (AvgIpc) is 2.58. The number of benzene rings is 2. The summed E-state index contributed by atoms with van der Waals surface area (Å²) in [5.41, 5.74) is 2.78. The monoisotopic (exact) mass is 310 g/mol. The fourth-order valence-corrected chi connectivity index (χ4v) is 2.39. The van der Waals surface area contributed by atoms with Gasteiger partial charge in [-0.2, -0.15) is 0 Å². The number of hydrogen-bond acceptors (Lipinski definition) is 2. The summed E-state index contributed by atoms with van der Waals surface area (Å²) in [5, 5.41) is 2.89. The van der Waals surface area contributed by atoms with E-state index in [4.69, 9.17) is 0 Å². The van der Waals surface area contributed by atoms with E-state index in [2.05, 4.69) is 5.32 Å². The van der Waals surface area contributed by atoms with Gasteiger partial charge >= 0.3 is 0 Å². The maximum atomic E-state index is 12.4. The van der Waals surface area contributed by atoms with E-state index in [-0.39, 0.29) is 11.8 Å². The minimum Gasteiger partial charge on any atom is -0.339 e. The van der Waals surface area contributed by atoms with Crippen molar-refractivity contribution in [3.05, 3.63) is 65.2 Å². The molecule has 0 bridgehead atoms. The van der Waals surface area contributed by atoms with Gasteiger partial charge in [-0.1, -0.05) is 24.3 Å². The van der Waals surface area contributed by atoms with Gasteiger partial charge in [0.1, 0.15) is 0 Å². The van der Waals surface area contributed by atoms with Crippen LogP contribution in [0.1, 0.15) is 40.1 Å². The first-order valence-electron chi connectivity index (χ1n) is 7.83. The van der Waals surface area contributed by atoms with Gasteiger partial charge in [0, 0.05) is 29.9 Å². The SMILES string of the molecule is CCN(CC)C(=O)c1cccc(C(=O)Nc2ccccc2C)c1. The lowest BCUT2D eigenvalue weighted by Gasteiger charge is -2.18. The number of carbonyl (C=O) groups excluding carboxylic acids is 2. The van der Waals surface area contributed by atoms with Gasteiger partial charge in [-0.3, -0.25) is 9.59 Å². The number of nitrogens with one attached hydrogen (secondary N) is 1. The van der Waals surface area contributed by atoms with E-state index in [1.54, 1.807) is 29.2 Å². The van der Waals surface area contributed by atoms with Crippen molar-refractivity contribution in [1.82, 2.24) is 4.90 Å². The molecule has 0 fully saturated rings. The highest BCUT2D eigenvalue weighted by molar-refractivity contribution is 6.06. The Balaban J connectivity index is 2.21. The molecule has 4 nitrogen and oxygen atoms in total. The van der Waals surface area contributed by atoms with Gasteiger partial charge in [0.25, 0.3) is 11.8 Å². The molecule has 2 aromatic carbocycles. The molecule has 0 aliphatic carbocycles. The molecule has 0 unspecified atom stereocenters. The van der Waals surface area contributed by atoms with Crippen LogP contribution in [0.4, 0.5) is 5.69 Å². The summed E-state index contributed by atoms with van der Waals surface area (Å²) < 4.78 is 0. The zero-order valence-corrected chi connectivity index (χ0v) is 13.8. The van der Waals surface area contributed by atoms with Gasteiger partial charge < -0.3 is 10.2 Å². The Hall–Kier alpha value is -2.62. The fourth-order valence-electron chi connectivity index (χ4n) is 2.39. The molecule has 2 rings (SSSR count). The van der Waals surface area contributed by atoms with E-state index >= 15 is 0 Å². The van der Waals surface area contributed by atoms with Crippen LogP contribution in [-0.2, 0) is 0 Å². The third-order valence-corrected chi connectivity index (χ3v) is 3.82. The summed E-state index contributed by atoms with van der Waals surface area (Å²) in [6, 6.07) is 14.4. The molecule has 0 heterocycles. The van der Waals surface area contributed by atoms with Crippen LogP contribution < -0.4 is 5.32 Å². The predicted octanol–water partition coefficient (Wildman–Crippen LogP) is 3.73. The molecule has 120 valence electrons. The van der Waals surface area contributed by atoms with Crippen molar-refractivity contribution in [2.45, 2.75) is 20.8 Å². The fraction of sp³-hybridized carbons (Fsp3) is 0.263. The van der Waals surface area contributed by atoms with Gasteiger partial charge in [0.15, 0.2) is 0 Å². The topological polar surface area (TPSA) is 49.4 Å². The Morgan fingerprint density at radius 2 is 1.61 bits per heavy atom. The van der Waals surface area contributed by atoms with E-state index in [1.807, 2.05) is 45.0 Å². The van der Waals surface area contributed by atoms with Crippen molar-refractivity contribution in [3.8, 4) is 0 Å². The second-order valence-electron chi connectivity index (χ2n) is 5.33. The van der Waals surface area contributed by atoms with Crippen molar-refractivity contribution >= 4 is 17.5 Å². The minimum absolute atomic E-state index is 0.0551. The Bertz CT molecular complexity index is 706. The number of amides is 2. The van der Waals surface area contributed by atoms with Gasteiger partial charge in [-0.05, 0) is 50.6 Å². The maximum Gasteiger partial charge on any atom is 0.255 e. The van der Waals surface area contributed by atoms with Gasteiger partial charge in [0.2, 0.25) is 0 Å². The van der Waals surface area contributed by atoms with Crippen molar-refractivity contribution in [2.24, 2.45) is 0 Å². The van der Waals surface area contributed by atoms with Gasteiger partial charge in [0.05, 0.1) is 0 Å². The number of aryl methyl sites for hydroxylation is 1. The van der Waals surface area contributed by atoms with Crippen LogP contribution in [-0.4, -0.2) is 29.8 Å². The Morgan fingerprint density at radius 1 is 0.957 bits per heavy atom. The summed E-state index contributed by atoms with van der Waals surface area (Å²) in [6.45, 7) is 7.12. The first kappa shape index (κ1) is 16.7. The highest BCUT2D eigenvalue weighted by atomic mass is 16.2. The van der Waals surface area contributed by atoms with Crippen LogP contribution >= 0.6 is 0 Å². The summed E-state index contributed by atoms with van der Waals surface area (Å²) in [6.07, 6.45) is 0. The Morgan fingerprint density at radius 3 is 2.26 bits per heavy atom. The summed E-state index contributed by atoms with van der Waals surface area (Å²) >= 11 is 0. The highest BCUT2D eigenvalue weighted by Crippen LogP contribution is 2.16. The van der Waals surface area contributed by atoms with E-state index in [1.165, 1.54) is 0 Å². The molecule has 0 saturated carbocycles. The molecule has 0 aliphatic heterocycles. The van der Waals surface area contributed by atoms with Crippen LogP contribution in [0.25, 0.3) is 0 Å². The number of anilines is 1. The normalized spacial score (nSPS) is 10.2. The molecule has 0 aromatic heterocycles. The molecule has 0 spiro atoms. The predicted molar refractivity (Wildman–Crippen MR) is 92.8 cm³/mol. The summed E-state index contributed by atoms with van der Waals surface area (Å²) in [5.74, 6) is -0.269. The molecule has 2 aromatic rings. The van der Waals surface area contributed by atoms with Crippen molar-refractivity contribution in [2.75, 3.05) is 18.4 Å². The van der Waals surface area contributed by atoms with E-state index in [0.29, 0.717) is 24.2 Å². The number of hydrogen-bond donors (Lipinski definition) is 1. The van der Waals surface area contributed by atoms with Crippen molar-refractivity contribution in [3.63, 3.8) is 0 Å². The molecular weight excluding hydrogens is 288 g/mol. The van der Waals surface area contributed by atoms with E-state index < -0.39 is 0 Å².